The lowest BCUT2D eigenvalue weighted by molar-refractivity contribution is 0.571. The van der Waals surface area contributed by atoms with Crippen molar-refractivity contribution < 1.29 is 0 Å². The third-order valence-corrected chi connectivity index (χ3v) is 4.76. The Labute approximate surface area is 118 Å². The van der Waals surface area contributed by atoms with Gasteiger partial charge < -0.3 is 5.32 Å². The van der Waals surface area contributed by atoms with E-state index in [0.717, 1.165) is 18.2 Å². The van der Waals surface area contributed by atoms with Gasteiger partial charge in [-0.05, 0) is 43.7 Å². The Hall–Kier alpha value is -1.19. The molecule has 1 atom stereocenters. The first-order valence-corrected chi connectivity index (χ1v) is 7.84. The lowest BCUT2D eigenvalue weighted by Crippen LogP contribution is -2.18. The number of thiazole rings is 1. The standard InChI is InChI=1S/C16H20N2S/c1-11-10-19-16(18-11)12(2)17-9-13-4-3-5-15(8-13)14-6-7-14/h3-5,8,10,12,14,17H,6-7,9H2,1-2H3. The minimum atomic E-state index is 0.322. The van der Waals surface area contributed by atoms with Gasteiger partial charge in [-0.15, -0.1) is 11.3 Å². The van der Waals surface area contributed by atoms with Crippen molar-refractivity contribution in [1.29, 1.82) is 0 Å². The second kappa shape index (κ2) is 5.43. The Balaban J connectivity index is 1.60. The summed E-state index contributed by atoms with van der Waals surface area (Å²) in [6.07, 6.45) is 2.73. The Morgan fingerprint density at radius 2 is 2.26 bits per heavy atom. The molecule has 0 aliphatic heterocycles. The molecule has 100 valence electrons. The number of aromatic nitrogens is 1. The lowest BCUT2D eigenvalue weighted by atomic mass is 10.1. The van der Waals surface area contributed by atoms with Crippen LogP contribution in [0, 0.1) is 6.92 Å². The first kappa shape index (κ1) is 12.8. The molecule has 1 aliphatic carbocycles. The van der Waals surface area contributed by atoms with Crippen molar-refractivity contribution in [2.75, 3.05) is 0 Å². The molecule has 1 heterocycles. The number of nitrogens with zero attached hydrogens (tertiary/aromatic N) is 1. The first-order valence-electron chi connectivity index (χ1n) is 6.96. The van der Waals surface area contributed by atoms with Gasteiger partial charge in [0, 0.05) is 17.6 Å². The molecule has 3 heteroatoms. The quantitative estimate of drug-likeness (QED) is 0.883. The Morgan fingerprint density at radius 1 is 1.42 bits per heavy atom. The van der Waals surface area contributed by atoms with E-state index in [9.17, 15) is 0 Å². The highest BCUT2D eigenvalue weighted by atomic mass is 32.1. The molecule has 1 N–H and O–H groups in total. The second-order valence-corrected chi connectivity index (χ2v) is 6.34. The van der Waals surface area contributed by atoms with Gasteiger partial charge in [0.2, 0.25) is 0 Å². The van der Waals surface area contributed by atoms with E-state index in [0.29, 0.717) is 6.04 Å². The zero-order valence-corrected chi connectivity index (χ0v) is 12.3. The smallest absolute Gasteiger partial charge is 0.110 e. The van der Waals surface area contributed by atoms with Crippen LogP contribution in [0.4, 0.5) is 0 Å². The van der Waals surface area contributed by atoms with Gasteiger partial charge >= 0.3 is 0 Å². The molecule has 1 saturated carbocycles. The van der Waals surface area contributed by atoms with Gasteiger partial charge in [0.15, 0.2) is 0 Å². The van der Waals surface area contributed by atoms with Crippen LogP contribution in [0.5, 0.6) is 0 Å². The van der Waals surface area contributed by atoms with Crippen molar-refractivity contribution in [3.8, 4) is 0 Å². The predicted octanol–water partition coefficient (Wildman–Crippen LogP) is 4.18. The molecule has 19 heavy (non-hydrogen) atoms. The summed E-state index contributed by atoms with van der Waals surface area (Å²) in [4.78, 5) is 4.53. The average molecular weight is 272 g/mol. The molecule has 2 aromatic rings. The number of nitrogens with one attached hydrogen (secondary N) is 1. The molecule has 1 aromatic heterocycles. The molecule has 2 nitrogen and oxygen atoms in total. The van der Waals surface area contributed by atoms with Gasteiger partial charge in [-0.2, -0.15) is 0 Å². The summed E-state index contributed by atoms with van der Waals surface area (Å²) in [5.41, 5.74) is 4.01. The van der Waals surface area contributed by atoms with Gasteiger partial charge in [0.05, 0.1) is 6.04 Å². The maximum atomic E-state index is 4.53. The highest BCUT2D eigenvalue weighted by Gasteiger charge is 2.23. The van der Waals surface area contributed by atoms with Crippen LogP contribution in [0.3, 0.4) is 0 Å². The number of benzene rings is 1. The fourth-order valence-corrected chi connectivity index (χ4v) is 3.13. The monoisotopic (exact) mass is 272 g/mol. The van der Waals surface area contributed by atoms with E-state index >= 15 is 0 Å². The maximum absolute atomic E-state index is 4.53. The molecule has 1 fully saturated rings. The van der Waals surface area contributed by atoms with E-state index in [-0.39, 0.29) is 0 Å². The van der Waals surface area contributed by atoms with Crippen molar-refractivity contribution >= 4 is 11.3 Å². The van der Waals surface area contributed by atoms with E-state index in [1.54, 1.807) is 11.3 Å². The Bertz CT molecular complexity index is 557. The molecule has 1 aromatic carbocycles. The molecule has 0 spiro atoms. The summed E-state index contributed by atoms with van der Waals surface area (Å²) in [7, 11) is 0. The van der Waals surface area contributed by atoms with Crippen LogP contribution >= 0.6 is 11.3 Å². The van der Waals surface area contributed by atoms with E-state index in [2.05, 4.69) is 46.9 Å². The molecule has 0 saturated heterocycles. The van der Waals surface area contributed by atoms with Crippen molar-refractivity contribution in [2.24, 2.45) is 0 Å². The van der Waals surface area contributed by atoms with E-state index in [1.165, 1.54) is 29.0 Å². The molecular weight excluding hydrogens is 252 g/mol. The summed E-state index contributed by atoms with van der Waals surface area (Å²) in [5.74, 6) is 0.832. The van der Waals surface area contributed by atoms with Gasteiger partial charge in [-0.3, -0.25) is 0 Å². The predicted molar refractivity (Wildman–Crippen MR) is 80.5 cm³/mol. The third kappa shape index (κ3) is 3.23. The van der Waals surface area contributed by atoms with Crippen LogP contribution in [-0.4, -0.2) is 4.98 Å². The number of aryl methyl sites for hydroxylation is 1. The summed E-state index contributed by atoms with van der Waals surface area (Å²) < 4.78 is 0. The molecule has 0 amide bonds. The fourth-order valence-electron chi connectivity index (χ4n) is 2.30. The zero-order valence-electron chi connectivity index (χ0n) is 11.5. The van der Waals surface area contributed by atoms with E-state index in [4.69, 9.17) is 0 Å². The fraction of sp³-hybridized carbons (Fsp3) is 0.438. The third-order valence-electron chi connectivity index (χ3n) is 3.62. The zero-order chi connectivity index (χ0) is 13.2. The lowest BCUT2D eigenvalue weighted by Gasteiger charge is -2.12. The SMILES string of the molecule is Cc1csc(C(C)NCc2cccc(C3CC3)c2)n1. The molecule has 1 aliphatic rings. The van der Waals surface area contributed by atoms with Gasteiger partial charge in [0.25, 0.3) is 0 Å². The Kier molecular flexibility index (Phi) is 3.67. The molecule has 1 unspecified atom stereocenters. The summed E-state index contributed by atoms with van der Waals surface area (Å²) >= 11 is 1.74. The maximum Gasteiger partial charge on any atom is 0.110 e. The normalized spacial score (nSPS) is 16.5. The van der Waals surface area contributed by atoms with Crippen molar-refractivity contribution in [2.45, 2.75) is 45.2 Å². The highest BCUT2D eigenvalue weighted by molar-refractivity contribution is 7.09. The van der Waals surface area contributed by atoms with Gasteiger partial charge in [0.1, 0.15) is 5.01 Å². The van der Waals surface area contributed by atoms with Crippen molar-refractivity contribution in [3.05, 3.63) is 51.5 Å². The summed E-state index contributed by atoms with van der Waals surface area (Å²) in [6, 6.07) is 9.32. The van der Waals surface area contributed by atoms with Gasteiger partial charge in [-0.25, -0.2) is 4.98 Å². The Morgan fingerprint density at radius 3 is 2.95 bits per heavy atom. The van der Waals surface area contributed by atoms with Gasteiger partial charge in [-0.1, -0.05) is 24.3 Å². The van der Waals surface area contributed by atoms with Crippen LogP contribution in [0.15, 0.2) is 29.6 Å². The number of hydrogen-bond donors (Lipinski definition) is 1. The number of rotatable bonds is 5. The topological polar surface area (TPSA) is 24.9 Å². The number of hydrogen-bond acceptors (Lipinski definition) is 3. The van der Waals surface area contributed by atoms with Crippen LogP contribution in [0.25, 0.3) is 0 Å². The molecule has 3 rings (SSSR count). The summed E-state index contributed by atoms with van der Waals surface area (Å²) in [6.45, 7) is 5.15. The minimum absolute atomic E-state index is 0.322. The van der Waals surface area contributed by atoms with Crippen molar-refractivity contribution in [3.63, 3.8) is 0 Å². The van der Waals surface area contributed by atoms with Crippen LogP contribution in [0.2, 0.25) is 0 Å². The molecule has 0 radical (unpaired) electrons. The van der Waals surface area contributed by atoms with Crippen LogP contribution < -0.4 is 5.32 Å². The van der Waals surface area contributed by atoms with E-state index in [1.807, 2.05) is 6.92 Å². The van der Waals surface area contributed by atoms with Crippen molar-refractivity contribution in [1.82, 2.24) is 10.3 Å². The van der Waals surface area contributed by atoms with E-state index < -0.39 is 0 Å². The average Bonchev–Trinajstić information content (AvgIpc) is 3.19. The molecular formula is C16H20N2S. The largest absolute Gasteiger partial charge is 0.304 e. The first-order chi connectivity index (χ1) is 9.22. The highest BCUT2D eigenvalue weighted by Crippen LogP contribution is 2.40. The molecule has 0 bridgehead atoms. The summed E-state index contributed by atoms with van der Waals surface area (Å²) in [5, 5.41) is 6.85. The second-order valence-electron chi connectivity index (χ2n) is 5.45. The van der Waals surface area contributed by atoms with Crippen LogP contribution in [0.1, 0.15) is 53.6 Å². The minimum Gasteiger partial charge on any atom is -0.304 e. The van der Waals surface area contributed by atoms with Crippen LogP contribution in [-0.2, 0) is 6.54 Å².